The molecule has 0 amide bonds. The van der Waals surface area contributed by atoms with Gasteiger partial charge in [-0.3, -0.25) is 0 Å². The van der Waals surface area contributed by atoms with Crippen LogP contribution < -0.4 is 0 Å². The molecule has 1 heterocycles. The van der Waals surface area contributed by atoms with Gasteiger partial charge in [0.05, 0.1) is 0 Å². The molecular formula is C21H16FNO. The predicted molar refractivity (Wildman–Crippen MR) is 94.2 cm³/mol. The molecular weight excluding hydrogens is 301 g/mol. The molecule has 1 atom stereocenters. The highest BCUT2D eigenvalue weighted by Crippen LogP contribution is 2.35. The lowest BCUT2D eigenvalue weighted by Gasteiger charge is -2.16. The number of hydrogen-bond donors (Lipinski definition) is 2. The van der Waals surface area contributed by atoms with Gasteiger partial charge in [-0.15, -0.1) is 0 Å². The summed E-state index contributed by atoms with van der Waals surface area (Å²) in [5.41, 5.74) is 4.31. The van der Waals surface area contributed by atoms with Crippen molar-refractivity contribution in [2.45, 2.75) is 6.10 Å². The van der Waals surface area contributed by atoms with Gasteiger partial charge < -0.3 is 10.1 Å². The molecule has 0 saturated heterocycles. The van der Waals surface area contributed by atoms with Crippen LogP contribution in [-0.2, 0) is 0 Å². The molecule has 0 saturated carbocycles. The number of aliphatic hydroxyl groups is 1. The van der Waals surface area contributed by atoms with E-state index in [1.807, 2.05) is 60.8 Å². The lowest BCUT2D eigenvalue weighted by atomic mass is 9.92. The highest BCUT2D eigenvalue weighted by atomic mass is 19.1. The molecule has 3 aromatic carbocycles. The Kier molecular flexibility index (Phi) is 3.63. The van der Waals surface area contributed by atoms with Crippen LogP contribution >= 0.6 is 0 Å². The van der Waals surface area contributed by atoms with Gasteiger partial charge in [0.1, 0.15) is 11.9 Å². The molecule has 1 aromatic heterocycles. The van der Waals surface area contributed by atoms with E-state index < -0.39 is 6.10 Å². The maximum absolute atomic E-state index is 13.4. The highest BCUT2D eigenvalue weighted by Gasteiger charge is 2.17. The molecule has 0 radical (unpaired) electrons. The van der Waals surface area contributed by atoms with Crippen molar-refractivity contribution in [3.63, 3.8) is 0 Å². The van der Waals surface area contributed by atoms with Gasteiger partial charge in [0.2, 0.25) is 0 Å². The minimum absolute atomic E-state index is 0.270. The maximum Gasteiger partial charge on any atom is 0.125 e. The van der Waals surface area contributed by atoms with Crippen molar-refractivity contribution in [2.75, 3.05) is 0 Å². The Morgan fingerprint density at radius 1 is 0.833 bits per heavy atom. The largest absolute Gasteiger partial charge is 0.384 e. The Morgan fingerprint density at radius 3 is 2.42 bits per heavy atom. The molecule has 0 spiro atoms. The molecule has 2 nitrogen and oxygen atoms in total. The fraction of sp³-hybridized carbons (Fsp3) is 0.0476. The summed E-state index contributed by atoms with van der Waals surface area (Å²) in [6.07, 6.45) is 1.15. The van der Waals surface area contributed by atoms with E-state index in [0.29, 0.717) is 0 Å². The van der Waals surface area contributed by atoms with Crippen LogP contribution in [0.2, 0.25) is 0 Å². The van der Waals surface area contributed by atoms with Gasteiger partial charge in [-0.25, -0.2) is 4.39 Å². The van der Waals surface area contributed by atoms with Crippen molar-refractivity contribution >= 4 is 10.9 Å². The number of rotatable bonds is 3. The van der Waals surface area contributed by atoms with Gasteiger partial charge in [0, 0.05) is 22.7 Å². The summed E-state index contributed by atoms with van der Waals surface area (Å²) < 4.78 is 13.4. The second-order valence-electron chi connectivity index (χ2n) is 5.79. The SMILES string of the molecule is OC(c1ccccc1)c1ccccc1-c1c[nH]c2cc(F)ccc12. The standard InChI is InChI=1S/C21H16FNO/c22-15-10-11-17-19(13-23-20(17)12-15)16-8-4-5-9-18(16)21(24)14-6-2-1-3-7-14/h1-13,21,23-24H. The van der Waals surface area contributed by atoms with E-state index in [9.17, 15) is 9.50 Å². The van der Waals surface area contributed by atoms with Gasteiger partial charge in [0.15, 0.2) is 0 Å². The van der Waals surface area contributed by atoms with Crippen molar-refractivity contribution in [3.05, 3.63) is 95.9 Å². The van der Waals surface area contributed by atoms with E-state index in [0.717, 1.165) is 33.2 Å². The Morgan fingerprint density at radius 2 is 1.58 bits per heavy atom. The molecule has 2 N–H and O–H groups in total. The lowest BCUT2D eigenvalue weighted by molar-refractivity contribution is 0.221. The molecule has 24 heavy (non-hydrogen) atoms. The Hall–Kier alpha value is -2.91. The number of hydrogen-bond acceptors (Lipinski definition) is 1. The molecule has 0 bridgehead atoms. The first-order chi connectivity index (χ1) is 11.7. The molecule has 118 valence electrons. The van der Waals surface area contributed by atoms with E-state index in [-0.39, 0.29) is 5.82 Å². The predicted octanol–water partition coefficient (Wildman–Crippen LogP) is 5.06. The number of halogens is 1. The van der Waals surface area contributed by atoms with Crippen LogP contribution in [0.4, 0.5) is 4.39 Å². The van der Waals surface area contributed by atoms with Crippen molar-refractivity contribution in [1.29, 1.82) is 0 Å². The maximum atomic E-state index is 13.4. The van der Waals surface area contributed by atoms with Gasteiger partial charge in [-0.05, 0) is 34.9 Å². The third-order valence-corrected chi connectivity index (χ3v) is 4.30. The number of aromatic amines is 1. The molecule has 3 heteroatoms. The average Bonchev–Trinajstić information content (AvgIpc) is 3.04. The fourth-order valence-electron chi connectivity index (χ4n) is 3.12. The summed E-state index contributed by atoms with van der Waals surface area (Å²) in [5.74, 6) is -0.270. The summed E-state index contributed by atoms with van der Waals surface area (Å²) in [7, 11) is 0. The van der Waals surface area contributed by atoms with Crippen molar-refractivity contribution in [2.24, 2.45) is 0 Å². The minimum Gasteiger partial charge on any atom is -0.384 e. The lowest BCUT2D eigenvalue weighted by Crippen LogP contribution is -2.01. The van der Waals surface area contributed by atoms with E-state index in [2.05, 4.69) is 4.98 Å². The summed E-state index contributed by atoms with van der Waals surface area (Å²) in [6.45, 7) is 0. The Bertz CT molecular complexity index is 991. The van der Waals surface area contributed by atoms with E-state index >= 15 is 0 Å². The zero-order valence-electron chi connectivity index (χ0n) is 12.9. The van der Waals surface area contributed by atoms with Crippen molar-refractivity contribution in [3.8, 4) is 11.1 Å². The number of aromatic nitrogens is 1. The summed E-state index contributed by atoms with van der Waals surface area (Å²) in [5, 5.41) is 11.8. The number of benzene rings is 3. The number of H-pyrrole nitrogens is 1. The second kappa shape index (κ2) is 5.95. The van der Waals surface area contributed by atoms with Gasteiger partial charge >= 0.3 is 0 Å². The number of nitrogens with one attached hydrogen (secondary N) is 1. The van der Waals surface area contributed by atoms with E-state index in [1.54, 1.807) is 6.07 Å². The first kappa shape index (κ1) is 14.7. The third kappa shape index (κ3) is 2.49. The monoisotopic (exact) mass is 317 g/mol. The molecule has 0 fully saturated rings. The number of aliphatic hydroxyl groups excluding tert-OH is 1. The average molecular weight is 317 g/mol. The number of fused-ring (bicyclic) bond motifs is 1. The van der Waals surface area contributed by atoms with E-state index in [4.69, 9.17) is 0 Å². The Labute approximate surface area is 139 Å². The van der Waals surface area contributed by atoms with Crippen LogP contribution in [0, 0.1) is 5.82 Å². The van der Waals surface area contributed by atoms with Crippen LogP contribution in [0.25, 0.3) is 22.0 Å². The topological polar surface area (TPSA) is 36.0 Å². The summed E-state index contributed by atoms with van der Waals surface area (Å²) in [6, 6.07) is 22.0. The molecule has 0 aliphatic rings. The van der Waals surface area contributed by atoms with Crippen LogP contribution in [0.5, 0.6) is 0 Å². The van der Waals surface area contributed by atoms with Crippen LogP contribution in [0.3, 0.4) is 0 Å². The molecule has 0 aliphatic carbocycles. The van der Waals surface area contributed by atoms with Gasteiger partial charge in [-0.1, -0.05) is 54.6 Å². The summed E-state index contributed by atoms with van der Waals surface area (Å²) in [4.78, 5) is 3.11. The first-order valence-corrected chi connectivity index (χ1v) is 7.83. The normalized spacial score (nSPS) is 12.4. The third-order valence-electron chi connectivity index (χ3n) is 4.30. The van der Waals surface area contributed by atoms with E-state index in [1.165, 1.54) is 12.1 Å². The molecule has 4 aromatic rings. The van der Waals surface area contributed by atoms with Crippen molar-refractivity contribution in [1.82, 2.24) is 4.98 Å². The smallest absolute Gasteiger partial charge is 0.125 e. The fourth-order valence-corrected chi connectivity index (χ4v) is 3.12. The van der Waals surface area contributed by atoms with Crippen LogP contribution in [0.15, 0.2) is 79.0 Å². The quantitative estimate of drug-likeness (QED) is 0.544. The van der Waals surface area contributed by atoms with Crippen LogP contribution in [0.1, 0.15) is 17.2 Å². The zero-order valence-corrected chi connectivity index (χ0v) is 12.9. The molecule has 0 aliphatic heterocycles. The molecule has 4 rings (SSSR count). The minimum atomic E-state index is -0.715. The summed E-state index contributed by atoms with van der Waals surface area (Å²) >= 11 is 0. The molecule has 1 unspecified atom stereocenters. The Balaban J connectivity index is 1.87. The van der Waals surface area contributed by atoms with Crippen molar-refractivity contribution < 1.29 is 9.50 Å². The van der Waals surface area contributed by atoms with Crippen LogP contribution in [-0.4, -0.2) is 10.1 Å². The second-order valence-corrected chi connectivity index (χ2v) is 5.79. The van der Waals surface area contributed by atoms with Gasteiger partial charge in [0.25, 0.3) is 0 Å². The van der Waals surface area contributed by atoms with Gasteiger partial charge in [-0.2, -0.15) is 0 Å². The highest BCUT2D eigenvalue weighted by molar-refractivity contribution is 5.96. The zero-order chi connectivity index (χ0) is 16.5. The first-order valence-electron chi connectivity index (χ1n) is 7.83.